The summed E-state index contributed by atoms with van der Waals surface area (Å²) in [6.07, 6.45) is 0. The maximum absolute atomic E-state index is 11.3. The third-order valence-electron chi connectivity index (χ3n) is 2.10. The van der Waals surface area contributed by atoms with Gasteiger partial charge in [0, 0.05) is 26.2 Å². The standard InChI is InChI=1S/C8H15N3O/c1-9-7-8(12)11-5-3-10(2)4-6-11/h1,3-7H2,2H3. The minimum Gasteiger partial charge on any atom is -0.339 e. The summed E-state index contributed by atoms with van der Waals surface area (Å²) in [7, 11) is 2.06. The Morgan fingerprint density at radius 2 is 2.00 bits per heavy atom. The third kappa shape index (κ3) is 2.30. The average molecular weight is 169 g/mol. The predicted molar refractivity (Wildman–Crippen MR) is 48.5 cm³/mol. The summed E-state index contributed by atoms with van der Waals surface area (Å²) in [6.45, 7) is 7.10. The van der Waals surface area contributed by atoms with Gasteiger partial charge in [-0.3, -0.25) is 9.79 Å². The van der Waals surface area contributed by atoms with Crippen molar-refractivity contribution in [3.05, 3.63) is 0 Å². The molecular formula is C8H15N3O. The van der Waals surface area contributed by atoms with E-state index in [1.54, 1.807) is 0 Å². The van der Waals surface area contributed by atoms with Crippen molar-refractivity contribution in [2.45, 2.75) is 0 Å². The van der Waals surface area contributed by atoms with Crippen LogP contribution in [0, 0.1) is 0 Å². The Morgan fingerprint density at radius 1 is 1.42 bits per heavy atom. The molecule has 4 heteroatoms. The van der Waals surface area contributed by atoms with Gasteiger partial charge in [0.15, 0.2) is 0 Å². The fraction of sp³-hybridized carbons (Fsp3) is 0.750. The number of carbonyl (C=O) groups is 1. The molecule has 0 aliphatic carbocycles. The van der Waals surface area contributed by atoms with Crippen molar-refractivity contribution in [3.8, 4) is 0 Å². The second kappa shape index (κ2) is 4.21. The smallest absolute Gasteiger partial charge is 0.244 e. The largest absolute Gasteiger partial charge is 0.339 e. The summed E-state index contributed by atoms with van der Waals surface area (Å²) in [5.74, 6) is 0.0955. The van der Waals surface area contributed by atoms with E-state index in [1.165, 1.54) is 0 Å². The lowest BCUT2D eigenvalue weighted by Gasteiger charge is -2.32. The van der Waals surface area contributed by atoms with Crippen molar-refractivity contribution in [1.82, 2.24) is 9.80 Å². The lowest BCUT2D eigenvalue weighted by molar-refractivity contribution is -0.131. The molecule has 1 rings (SSSR count). The lowest BCUT2D eigenvalue weighted by atomic mass is 10.3. The van der Waals surface area contributed by atoms with Gasteiger partial charge in [0.05, 0.1) is 0 Å². The van der Waals surface area contributed by atoms with Gasteiger partial charge < -0.3 is 9.80 Å². The summed E-state index contributed by atoms with van der Waals surface area (Å²) in [5, 5.41) is 0. The highest BCUT2D eigenvalue weighted by Gasteiger charge is 2.17. The molecule has 68 valence electrons. The van der Waals surface area contributed by atoms with Gasteiger partial charge in [0.1, 0.15) is 6.54 Å². The van der Waals surface area contributed by atoms with Crippen LogP contribution in [0.3, 0.4) is 0 Å². The number of carbonyl (C=O) groups excluding carboxylic acids is 1. The van der Waals surface area contributed by atoms with Gasteiger partial charge in [-0.2, -0.15) is 0 Å². The molecule has 0 saturated carbocycles. The fourth-order valence-corrected chi connectivity index (χ4v) is 1.25. The van der Waals surface area contributed by atoms with E-state index in [-0.39, 0.29) is 12.5 Å². The zero-order chi connectivity index (χ0) is 8.97. The highest BCUT2D eigenvalue weighted by atomic mass is 16.2. The molecule has 0 aromatic rings. The Hall–Kier alpha value is -0.900. The van der Waals surface area contributed by atoms with Crippen molar-refractivity contribution >= 4 is 12.6 Å². The SMILES string of the molecule is C=NCC(=O)N1CCN(C)CC1. The molecule has 1 saturated heterocycles. The maximum atomic E-state index is 11.3. The summed E-state index contributed by atoms with van der Waals surface area (Å²) in [5.41, 5.74) is 0. The molecule has 0 aromatic carbocycles. The van der Waals surface area contributed by atoms with Crippen LogP contribution in [0.4, 0.5) is 0 Å². The molecule has 12 heavy (non-hydrogen) atoms. The predicted octanol–water partition coefficient (Wildman–Crippen LogP) is -0.539. The van der Waals surface area contributed by atoms with Crippen LogP contribution in [0.2, 0.25) is 0 Å². The van der Waals surface area contributed by atoms with E-state index in [0.29, 0.717) is 0 Å². The van der Waals surface area contributed by atoms with Crippen molar-refractivity contribution in [2.75, 3.05) is 39.8 Å². The van der Waals surface area contributed by atoms with Crippen LogP contribution in [0.15, 0.2) is 4.99 Å². The van der Waals surface area contributed by atoms with E-state index >= 15 is 0 Å². The maximum Gasteiger partial charge on any atom is 0.244 e. The van der Waals surface area contributed by atoms with E-state index < -0.39 is 0 Å². The van der Waals surface area contributed by atoms with Gasteiger partial charge in [0.25, 0.3) is 0 Å². The Labute approximate surface area is 72.9 Å². The molecule has 0 bridgehead atoms. The zero-order valence-electron chi connectivity index (χ0n) is 7.49. The van der Waals surface area contributed by atoms with Crippen molar-refractivity contribution in [2.24, 2.45) is 4.99 Å². The quantitative estimate of drug-likeness (QED) is 0.520. The summed E-state index contributed by atoms with van der Waals surface area (Å²) < 4.78 is 0. The molecule has 0 unspecified atom stereocenters. The first-order chi connectivity index (χ1) is 5.74. The first-order valence-electron chi connectivity index (χ1n) is 4.13. The molecule has 1 amide bonds. The van der Waals surface area contributed by atoms with Gasteiger partial charge >= 0.3 is 0 Å². The van der Waals surface area contributed by atoms with Gasteiger partial charge in [-0.05, 0) is 13.8 Å². The Balaban J connectivity index is 2.33. The Kier molecular flexibility index (Phi) is 3.22. The molecule has 0 aromatic heterocycles. The zero-order valence-corrected chi connectivity index (χ0v) is 7.49. The van der Waals surface area contributed by atoms with Crippen LogP contribution in [0.5, 0.6) is 0 Å². The minimum atomic E-state index is 0.0955. The second-order valence-electron chi connectivity index (χ2n) is 3.07. The van der Waals surface area contributed by atoms with Gasteiger partial charge in [-0.25, -0.2) is 0 Å². The molecular weight excluding hydrogens is 154 g/mol. The van der Waals surface area contributed by atoms with Crippen LogP contribution in [0.1, 0.15) is 0 Å². The Bertz CT molecular complexity index is 173. The van der Waals surface area contributed by atoms with E-state index in [4.69, 9.17) is 0 Å². The van der Waals surface area contributed by atoms with E-state index in [0.717, 1.165) is 26.2 Å². The summed E-state index contributed by atoms with van der Waals surface area (Å²) in [6, 6.07) is 0. The summed E-state index contributed by atoms with van der Waals surface area (Å²) in [4.78, 5) is 18.9. The van der Waals surface area contributed by atoms with Crippen LogP contribution in [-0.2, 0) is 4.79 Å². The van der Waals surface area contributed by atoms with E-state index in [2.05, 4.69) is 23.7 Å². The van der Waals surface area contributed by atoms with Crippen LogP contribution in [-0.4, -0.2) is 62.2 Å². The number of nitrogens with zero attached hydrogens (tertiary/aromatic N) is 3. The normalized spacial score (nSPS) is 19.2. The van der Waals surface area contributed by atoms with E-state index in [1.807, 2.05) is 4.90 Å². The van der Waals surface area contributed by atoms with Crippen LogP contribution >= 0.6 is 0 Å². The minimum absolute atomic E-state index is 0.0955. The van der Waals surface area contributed by atoms with E-state index in [9.17, 15) is 4.79 Å². The Morgan fingerprint density at radius 3 is 2.50 bits per heavy atom. The van der Waals surface area contributed by atoms with Gasteiger partial charge in [-0.1, -0.05) is 0 Å². The molecule has 1 heterocycles. The highest BCUT2D eigenvalue weighted by Crippen LogP contribution is 1.99. The second-order valence-corrected chi connectivity index (χ2v) is 3.07. The number of likely N-dealkylation sites (N-methyl/N-ethyl adjacent to an activating group) is 1. The molecule has 0 atom stereocenters. The molecule has 1 aliphatic heterocycles. The molecule has 0 N–H and O–H groups in total. The number of amides is 1. The first kappa shape index (κ1) is 9.19. The molecule has 4 nitrogen and oxygen atoms in total. The fourth-order valence-electron chi connectivity index (χ4n) is 1.25. The van der Waals surface area contributed by atoms with Gasteiger partial charge in [0.2, 0.25) is 5.91 Å². The van der Waals surface area contributed by atoms with Crippen molar-refractivity contribution in [3.63, 3.8) is 0 Å². The molecule has 1 fully saturated rings. The first-order valence-corrected chi connectivity index (χ1v) is 4.13. The number of piperazine rings is 1. The van der Waals surface area contributed by atoms with Crippen LogP contribution < -0.4 is 0 Å². The highest BCUT2D eigenvalue weighted by molar-refractivity contribution is 5.79. The van der Waals surface area contributed by atoms with Crippen LogP contribution in [0.25, 0.3) is 0 Å². The molecule has 0 radical (unpaired) electrons. The lowest BCUT2D eigenvalue weighted by Crippen LogP contribution is -2.47. The average Bonchev–Trinajstić information content (AvgIpc) is 2.06. The molecule has 1 aliphatic rings. The number of hydrogen-bond donors (Lipinski definition) is 0. The van der Waals surface area contributed by atoms with Gasteiger partial charge in [-0.15, -0.1) is 0 Å². The number of rotatable bonds is 2. The topological polar surface area (TPSA) is 35.9 Å². The molecule has 0 spiro atoms. The van der Waals surface area contributed by atoms with Crippen molar-refractivity contribution < 1.29 is 4.79 Å². The summed E-state index contributed by atoms with van der Waals surface area (Å²) >= 11 is 0. The number of hydrogen-bond acceptors (Lipinski definition) is 3. The number of aliphatic imine (C=N–C) groups is 1. The monoisotopic (exact) mass is 169 g/mol. The third-order valence-corrected chi connectivity index (χ3v) is 2.10. The van der Waals surface area contributed by atoms with Crippen molar-refractivity contribution in [1.29, 1.82) is 0 Å².